The molecule has 0 aliphatic carbocycles. The van der Waals surface area contributed by atoms with E-state index in [0.717, 1.165) is 5.56 Å². The number of nitrogens with zero attached hydrogens (tertiary/aromatic N) is 3. The van der Waals surface area contributed by atoms with Gasteiger partial charge in [0.1, 0.15) is 5.82 Å². The molecule has 1 aromatic rings. The van der Waals surface area contributed by atoms with Crippen molar-refractivity contribution in [3.63, 3.8) is 0 Å². The molecule has 1 aromatic carbocycles. The van der Waals surface area contributed by atoms with Gasteiger partial charge in [-0.1, -0.05) is 12.1 Å². The number of ether oxygens (including phenoxy) is 1. The molecule has 7 nitrogen and oxygen atoms in total. The first-order chi connectivity index (χ1) is 14.2. The van der Waals surface area contributed by atoms with Crippen LogP contribution in [0.3, 0.4) is 0 Å². The number of nitrogens with one attached hydrogen (secondary N) is 1. The van der Waals surface area contributed by atoms with Gasteiger partial charge in [0.15, 0.2) is 0 Å². The highest BCUT2D eigenvalue weighted by atomic mass is 19.1. The number of halogens is 1. The van der Waals surface area contributed by atoms with E-state index in [2.05, 4.69) is 15.1 Å². The summed E-state index contributed by atoms with van der Waals surface area (Å²) in [5, 5.41) is 2.97. The third-order valence-electron chi connectivity index (χ3n) is 5.34. The van der Waals surface area contributed by atoms with Crippen LogP contribution in [0.2, 0.25) is 0 Å². The van der Waals surface area contributed by atoms with E-state index in [9.17, 15) is 14.0 Å². The topological polar surface area (TPSA) is 65.1 Å². The molecular weight excluding hydrogens is 387 g/mol. The number of benzene rings is 1. The average molecular weight is 421 g/mol. The van der Waals surface area contributed by atoms with Crippen molar-refractivity contribution in [3.05, 3.63) is 35.6 Å². The standard InChI is InChI=1S/C22H33FN4O3/c1-22(2,3)24-20(28)15-25-7-9-27(10-8-25)21(29)16-26-11-12-30-19(14-26)17-5-4-6-18(23)13-17/h4-6,13,19H,7-12,14-16H2,1-3H3,(H,24,28). The van der Waals surface area contributed by atoms with Gasteiger partial charge in [0.2, 0.25) is 11.8 Å². The molecule has 2 fully saturated rings. The zero-order valence-electron chi connectivity index (χ0n) is 18.2. The predicted octanol–water partition coefficient (Wildman–Crippen LogP) is 1.26. The van der Waals surface area contributed by atoms with Gasteiger partial charge in [-0.3, -0.25) is 19.4 Å². The van der Waals surface area contributed by atoms with Crippen LogP contribution in [0.15, 0.2) is 24.3 Å². The maximum atomic E-state index is 13.5. The number of rotatable bonds is 5. The van der Waals surface area contributed by atoms with E-state index < -0.39 is 0 Å². The lowest BCUT2D eigenvalue weighted by molar-refractivity contribution is -0.136. The average Bonchev–Trinajstić information content (AvgIpc) is 2.67. The van der Waals surface area contributed by atoms with E-state index in [1.54, 1.807) is 6.07 Å². The van der Waals surface area contributed by atoms with Crippen LogP contribution in [0.4, 0.5) is 4.39 Å². The van der Waals surface area contributed by atoms with Crippen molar-refractivity contribution in [2.45, 2.75) is 32.4 Å². The molecule has 2 saturated heterocycles. The van der Waals surface area contributed by atoms with Crippen LogP contribution >= 0.6 is 0 Å². The molecule has 30 heavy (non-hydrogen) atoms. The van der Waals surface area contributed by atoms with E-state index in [-0.39, 0.29) is 29.3 Å². The molecule has 0 bridgehead atoms. The third kappa shape index (κ3) is 6.75. The summed E-state index contributed by atoms with van der Waals surface area (Å²) in [6.45, 7) is 11.0. The summed E-state index contributed by atoms with van der Waals surface area (Å²) in [6, 6.07) is 6.44. The minimum absolute atomic E-state index is 0.0129. The summed E-state index contributed by atoms with van der Waals surface area (Å²) in [5.74, 6) is -0.175. The van der Waals surface area contributed by atoms with Gasteiger partial charge in [-0.15, -0.1) is 0 Å². The molecule has 3 rings (SSSR count). The monoisotopic (exact) mass is 420 g/mol. The van der Waals surface area contributed by atoms with E-state index in [4.69, 9.17) is 4.74 Å². The third-order valence-corrected chi connectivity index (χ3v) is 5.34. The van der Waals surface area contributed by atoms with Crippen LogP contribution in [0.1, 0.15) is 32.4 Å². The van der Waals surface area contributed by atoms with Gasteiger partial charge < -0.3 is 15.0 Å². The number of carbonyl (C=O) groups excluding carboxylic acids is 2. The fourth-order valence-electron chi connectivity index (χ4n) is 3.86. The van der Waals surface area contributed by atoms with Crippen LogP contribution in [0, 0.1) is 5.82 Å². The molecule has 8 heteroatoms. The lowest BCUT2D eigenvalue weighted by Crippen LogP contribution is -2.54. The summed E-state index contributed by atoms with van der Waals surface area (Å²) in [6.07, 6.45) is -0.222. The predicted molar refractivity (Wildman–Crippen MR) is 112 cm³/mol. The van der Waals surface area contributed by atoms with Gasteiger partial charge in [-0.25, -0.2) is 4.39 Å². The van der Waals surface area contributed by atoms with Crippen molar-refractivity contribution >= 4 is 11.8 Å². The fourth-order valence-corrected chi connectivity index (χ4v) is 3.86. The molecule has 2 heterocycles. The lowest BCUT2D eigenvalue weighted by Gasteiger charge is -2.37. The van der Waals surface area contributed by atoms with Crippen molar-refractivity contribution in [2.24, 2.45) is 0 Å². The van der Waals surface area contributed by atoms with Crippen LogP contribution in [-0.2, 0) is 14.3 Å². The maximum absolute atomic E-state index is 13.5. The van der Waals surface area contributed by atoms with Gasteiger partial charge in [-0.05, 0) is 38.5 Å². The Morgan fingerprint density at radius 3 is 2.50 bits per heavy atom. The van der Waals surface area contributed by atoms with E-state index >= 15 is 0 Å². The Morgan fingerprint density at radius 1 is 1.10 bits per heavy atom. The van der Waals surface area contributed by atoms with Crippen LogP contribution in [0.25, 0.3) is 0 Å². The van der Waals surface area contributed by atoms with Crippen LogP contribution in [-0.4, -0.2) is 91.0 Å². The van der Waals surface area contributed by atoms with Crippen LogP contribution in [0.5, 0.6) is 0 Å². The summed E-state index contributed by atoms with van der Waals surface area (Å²) < 4.78 is 19.3. The van der Waals surface area contributed by atoms with Crippen LogP contribution < -0.4 is 5.32 Å². The summed E-state index contributed by atoms with van der Waals surface area (Å²) in [4.78, 5) is 30.9. The normalized spacial score (nSPS) is 21.5. The Balaban J connectivity index is 1.44. The Hall–Kier alpha value is -2.03. The van der Waals surface area contributed by atoms with Gasteiger partial charge in [0.05, 0.1) is 25.8 Å². The fraction of sp³-hybridized carbons (Fsp3) is 0.636. The largest absolute Gasteiger partial charge is 0.371 e. The Kier molecular flexibility index (Phi) is 7.44. The van der Waals surface area contributed by atoms with Crippen molar-refractivity contribution in [2.75, 3.05) is 59.0 Å². The molecule has 1 N–H and O–H groups in total. The first-order valence-electron chi connectivity index (χ1n) is 10.6. The molecular formula is C22H33FN4O3. The van der Waals surface area contributed by atoms with Gasteiger partial charge in [0, 0.05) is 44.8 Å². The lowest BCUT2D eigenvalue weighted by atomic mass is 10.1. The number of piperazine rings is 1. The minimum atomic E-state index is -0.279. The highest BCUT2D eigenvalue weighted by Gasteiger charge is 2.28. The summed E-state index contributed by atoms with van der Waals surface area (Å²) in [5.41, 5.74) is 0.561. The number of hydrogen-bond acceptors (Lipinski definition) is 5. The molecule has 166 valence electrons. The zero-order chi connectivity index (χ0) is 21.7. The Bertz CT molecular complexity index is 744. The number of amides is 2. The van der Waals surface area contributed by atoms with Crippen molar-refractivity contribution < 1.29 is 18.7 Å². The second-order valence-electron chi connectivity index (χ2n) is 9.10. The van der Waals surface area contributed by atoms with Gasteiger partial charge >= 0.3 is 0 Å². The van der Waals surface area contributed by atoms with E-state index in [1.807, 2.05) is 31.7 Å². The highest BCUT2D eigenvalue weighted by Crippen LogP contribution is 2.22. The van der Waals surface area contributed by atoms with Gasteiger partial charge in [-0.2, -0.15) is 0 Å². The number of hydrogen-bond donors (Lipinski definition) is 1. The van der Waals surface area contributed by atoms with Crippen molar-refractivity contribution in [3.8, 4) is 0 Å². The molecule has 2 aliphatic rings. The molecule has 1 atom stereocenters. The smallest absolute Gasteiger partial charge is 0.236 e. The van der Waals surface area contributed by atoms with Crippen molar-refractivity contribution in [1.82, 2.24) is 20.0 Å². The van der Waals surface area contributed by atoms with Crippen molar-refractivity contribution in [1.29, 1.82) is 0 Å². The minimum Gasteiger partial charge on any atom is -0.371 e. The second-order valence-corrected chi connectivity index (χ2v) is 9.10. The Labute approximate surface area is 178 Å². The first-order valence-corrected chi connectivity index (χ1v) is 10.6. The molecule has 0 aromatic heterocycles. The quantitative estimate of drug-likeness (QED) is 0.777. The molecule has 2 aliphatic heterocycles. The highest BCUT2D eigenvalue weighted by molar-refractivity contribution is 5.79. The molecule has 0 spiro atoms. The summed E-state index contributed by atoms with van der Waals surface area (Å²) >= 11 is 0. The van der Waals surface area contributed by atoms with Gasteiger partial charge in [0.25, 0.3) is 0 Å². The maximum Gasteiger partial charge on any atom is 0.236 e. The second kappa shape index (κ2) is 9.85. The summed E-state index contributed by atoms with van der Waals surface area (Å²) in [7, 11) is 0. The molecule has 1 unspecified atom stereocenters. The van der Waals surface area contributed by atoms with E-state index in [0.29, 0.717) is 59.0 Å². The Morgan fingerprint density at radius 2 is 1.83 bits per heavy atom. The molecule has 2 amide bonds. The SMILES string of the molecule is CC(C)(C)NC(=O)CN1CCN(C(=O)CN2CCOC(c3cccc(F)c3)C2)CC1. The first kappa shape index (κ1) is 22.7. The molecule has 0 saturated carbocycles. The van der Waals surface area contributed by atoms with E-state index in [1.165, 1.54) is 12.1 Å². The number of morpholine rings is 1. The zero-order valence-corrected chi connectivity index (χ0v) is 18.2. The number of carbonyl (C=O) groups is 2. The molecule has 0 radical (unpaired) electrons.